The Morgan fingerprint density at radius 2 is 2.31 bits per heavy atom. The van der Waals surface area contributed by atoms with Crippen LogP contribution >= 0.6 is 0 Å². The van der Waals surface area contributed by atoms with E-state index in [4.69, 9.17) is 5.11 Å². The Bertz CT molecular complexity index is 382. The van der Waals surface area contributed by atoms with E-state index in [1.807, 2.05) is 13.1 Å². The number of carbonyl (C=O) groups is 2. The summed E-state index contributed by atoms with van der Waals surface area (Å²) in [7, 11) is 1.85. The topological polar surface area (TPSA) is 54.4 Å². The second-order valence-electron chi connectivity index (χ2n) is 4.07. The number of hydrogen-bond acceptors (Lipinski definition) is 2. The SMILES string of the molecule is CC(C(=O)O)[N+]1(C)C=CC=C(C=O)C=CC1. The van der Waals surface area contributed by atoms with Crippen LogP contribution in [0.1, 0.15) is 6.92 Å². The van der Waals surface area contributed by atoms with Crippen LogP contribution in [0, 0.1) is 0 Å². The minimum atomic E-state index is -0.833. The first kappa shape index (κ1) is 12.4. The third kappa shape index (κ3) is 2.67. The van der Waals surface area contributed by atoms with Crippen LogP contribution in [0.3, 0.4) is 0 Å². The molecule has 1 heterocycles. The summed E-state index contributed by atoms with van der Waals surface area (Å²) in [5, 5.41) is 9.01. The highest BCUT2D eigenvalue weighted by Crippen LogP contribution is 2.14. The van der Waals surface area contributed by atoms with Crippen LogP contribution in [0.2, 0.25) is 0 Å². The maximum atomic E-state index is 11.0. The number of aldehydes is 1. The number of aliphatic carboxylic acids is 1. The summed E-state index contributed by atoms with van der Waals surface area (Å²) >= 11 is 0. The van der Waals surface area contributed by atoms with E-state index in [1.54, 1.807) is 31.4 Å². The van der Waals surface area contributed by atoms with E-state index < -0.39 is 12.0 Å². The third-order valence-corrected chi connectivity index (χ3v) is 2.90. The molecular formula is C12H16NO3+. The van der Waals surface area contributed by atoms with Crippen molar-refractivity contribution in [2.45, 2.75) is 13.0 Å². The van der Waals surface area contributed by atoms with Gasteiger partial charge in [-0.1, -0.05) is 6.08 Å². The predicted octanol–water partition coefficient (Wildman–Crippen LogP) is 1.11. The number of carboxylic acid groups (broad SMARTS) is 1. The summed E-state index contributed by atoms with van der Waals surface area (Å²) < 4.78 is 0.286. The highest BCUT2D eigenvalue weighted by atomic mass is 16.4. The standard InChI is InChI=1S/C12H15NO3/c1-10(12(15)16)13(2)7-3-5-11(9-14)6-4-8-13/h3-7,9-10H,8H2,1-2H3/p+1. The molecule has 0 aliphatic carbocycles. The fraction of sp³-hybridized carbons (Fsp3) is 0.333. The Balaban J connectivity index is 2.98. The van der Waals surface area contributed by atoms with Gasteiger partial charge in [-0.3, -0.25) is 9.28 Å². The highest BCUT2D eigenvalue weighted by Gasteiger charge is 2.31. The van der Waals surface area contributed by atoms with Crippen LogP contribution < -0.4 is 0 Å². The molecular weight excluding hydrogens is 206 g/mol. The predicted molar refractivity (Wildman–Crippen MR) is 60.6 cm³/mol. The quantitative estimate of drug-likeness (QED) is 0.575. The smallest absolute Gasteiger partial charge is 0.362 e. The average Bonchev–Trinajstić information content (AvgIpc) is 2.22. The Morgan fingerprint density at radius 3 is 2.88 bits per heavy atom. The number of allylic oxidation sites excluding steroid dienone is 4. The normalized spacial score (nSPS) is 26.5. The largest absolute Gasteiger partial charge is 0.477 e. The van der Waals surface area contributed by atoms with Crippen LogP contribution in [-0.2, 0) is 9.59 Å². The number of carboxylic acids is 1. The molecule has 0 aromatic heterocycles. The van der Waals surface area contributed by atoms with Gasteiger partial charge < -0.3 is 5.11 Å². The molecule has 0 radical (unpaired) electrons. The van der Waals surface area contributed by atoms with E-state index in [1.165, 1.54) is 0 Å². The van der Waals surface area contributed by atoms with Crippen LogP contribution in [0.25, 0.3) is 0 Å². The van der Waals surface area contributed by atoms with E-state index >= 15 is 0 Å². The molecule has 4 heteroatoms. The van der Waals surface area contributed by atoms with Gasteiger partial charge in [0.25, 0.3) is 0 Å². The lowest BCUT2D eigenvalue weighted by Gasteiger charge is -2.33. The van der Waals surface area contributed by atoms with Crippen molar-refractivity contribution in [3.8, 4) is 0 Å². The molecule has 86 valence electrons. The molecule has 2 atom stereocenters. The molecule has 2 unspecified atom stereocenters. The molecule has 0 aromatic rings. The van der Waals surface area contributed by atoms with Crippen LogP contribution in [0.4, 0.5) is 0 Å². The number of carbonyl (C=O) groups excluding carboxylic acids is 1. The number of nitrogens with zero attached hydrogens (tertiary/aromatic N) is 1. The molecule has 0 spiro atoms. The molecule has 4 nitrogen and oxygen atoms in total. The molecule has 1 N–H and O–H groups in total. The van der Waals surface area contributed by atoms with Crippen molar-refractivity contribution in [3.05, 3.63) is 36.1 Å². The summed E-state index contributed by atoms with van der Waals surface area (Å²) in [4.78, 5) is 21.6. The minimum absolute atomic E-state index is 0.286. The molecule has 1 rings (SSSR count). The lowest BCUT2D eigenvalue weighted by Crippen LogP contribution is -2.50. The van der Waals surface area contributed by atoms with Crippen molar-refractivity contribution in [3.63, 3.8) is 0 Å². The zero-order valence-corrected chi connectivity index (χ0v) is 9.46. The number of quaternary nitrogens is 1. The van der Waals surface area contributed by atoms with Crippen molar-refractivity contribution in [1.29, 1.82) is 0 Å². The number of hydrogen-bond donors (Lipinski definition) is 1. The van der Waals surface area contributed by atoms with Crippen LogP contribution in [-0.4, -0.2) is 41.5 Å². The Kier molecular flexibility index (Phi) is 3.79. The average molecular weight is 222 g/mol. The Hall–Kier alpha value is -1.68. The first-order valence-electron chi connectivity index (χ1n) is 5.08. The van der Waals surface area contributed by atoms with Gasteiger partial charge in [-0.05, 0) is 25.2 Å². The Labute approximate surface area is 94.8 Å². The van der Waals surface area contributed by atoms with E-state index in [2.05, 4.69) is 0 Å². The van der Waals surface area contributed by atoms with Gasteiger partial charge in [0.2, 0.25) is 0 Å². The monoisotopic (exact) mass is 222 g/mol. The second kappa shape index (κ2) is 4.90. The van der Waals surface area contributed by atoms with Crippen LogP contribution in [0.5, 0.6) is 0 Å². The first-order valence-corrected chi connectivity index (χ1v) is 5.08. The Morgan fingerprint density at radius 1 is 1.62 bits per heavy atom. The summed E-state index contributed by atoms with van der Waals surface area (Å²) in [5.74, 6) is -0.833. The molecule has 0 fully saturated rings. The van der Waals surface area contributed by atoms with Gasteiger partial charge >= 0.3 is 5.97 Å². The van der Waals surface area contributed by atoms with Crippen molar-refractivity contribution >= 4 is 12.3 Å². The van der Waals surface area contributed by atoms with Gasteiger partial charge in [-0.2, -0.15) is 0 Å². The highest BCUT2D eigenvalue weighted by molar-refractivity contribution is 5.78. The minimum Gasteiger partial charge on any atom is -0.477 e. The maximum Gasteiger partial charge on any atom is 0.362 e. The van der Waals surface area contributed by atoms with E-state index in [9.17, 15) is 9.59 Å². The zero-order chi connectivity index (χ0) is 12.2. The maximum absolute atomic E-state index is 11.0. The fourth-order valence-electron chi connectivity index (χ4n) is 1.50. The molecule has 1 aliphatic heterocycles. The summed E-state index contributed by atoms with van der Waals surface area (Å²) in [5.41, 5.74) is 0.588. The molecule has 16 heavy (non-hydrogen) atoms. The van der Waals surface area contributed by atoms with Gasteiger partial charge in [0, 0.05) is 5.57 Å². The summed E-state index contributed by atoms with van der Waals surface area (Å²) in [6.07, 6.45) is 9.51. The fourth-order valence-corrected chi connectivity index (χ4v) is 1.50. The molecule has 1 aliphatic rings. The van der Waals surface area contributed by atoms with E-state index in [-0.39, 0.29) is 4.48 Å². The van der Waals surface area contributed by atoms with E-state index in [0.717, 1.165) is 6.29 Å². The van der Waals surface area contributed by atoms with E-state index in [0.29, 0.717) is 12.1 Å². The molecule has 0 bridgehead atoms. The lowest BCUT2D eigenvalue weighted by molar-refractivity contribution is -0.868. The summed E-state index contributed by atoms with van der Waals surface area (Å²) in [6.45, 7) is 2.22. The van der Waals surface area contributed by atoms with Gasteiger partial charge in [-0.15, -0.1) is 0 Å². The zero-order valence-electron chi connectivity index (χ0n) is 9.46. The van der Waals surface area contributed by atoms with Gasteiger partial charge in [0.15, 0.2) is 6.04 Å². The second-order valence-corrected chi connectivity index (χ2v) is 4.07. The van der Waals surface area contributed by atoms with Crippen LogP contribution in [0.15, 0.2) is 36.1 Å². The van der Waals surface area contributed by atoms with Gasteiger partial charge in [0.05, 0.1) is 13.2 Å². The summed E-state index contributed by atoms with van der Waals surface area (Å²) in [6, 6.07) is -0.521. The molecule has 0 saturated heterocycles. The van der Waals surface area contributed by atoms with Gasteiger partial charge in [-0.25, -0.2) is 4.79 Å². The number of likely N-dealkylation sites (N-methyl/N-ethyl adjacent to an activating group) is 1. The third-order valence-electron chi connectivity index (χ3n) is 2.90. The van der Waals surface area contributed by atoms with Crippen molar-refractivity contribution in [1.82, 2.24) is 0 Å². The van der Waals surface area contributed by atoms with Crippen molar-refractivity contribution < 1.29 is 19.2 Å². The van der Waals surface area contributed by atoms with Crippen molar-refractivity contribution in [2.75, 3.05) is 13.6 Å². The molecule has 0 aromatic carbocycles. The number of rotatable bonds is 3. The molecule has 0 saturated carbocycles. The lowest BCUT2D eigenvalue weighted by atomic mass is 10.1. The molecule has 0 amide bonds. The van der Waals surface area contributed by atoms with Gasteiger partial charge in [0.1, 0.15) is 12.8 Å². The first-order chi connectivity index (χ1) is 7.49. The van der Waals surface area contributed by atoms with Crippen molar-refractivity contribution in [2.24, 2.45) is 0 Å².